The summed E-state index contributed by atoms with van der Waals surface area (Å²) in [6.45, 7) is 3.57. The van der Waals surface area contributed by atoms with Gasteiger partial charge in [-0.1, -0.05) is 18.2 Å². The van der Waals surface area contributed by atoms with Gasteiger partial charge < -0.3 is 10.6 Å². The van der Waals surface area contributed by atoms with Crippen LogP contribution in [0.25, 0.3) is 5.69 Å². The van der Waals surface area contributed by atoms with Crippen molar-refractivity contribution in [3.63, 3.8) is 0 Å². The van der Waals surface area contributed by atoms with Crippen LogP contribution in [0.5, 0.6) is 0 Å². The van der Waals surface area contributed by atoms with E-state index in [1.165, 1.54) is 12.1 Å². The number of halogens is 3. The standard InChI is InChI=1S/C20H19F3N4O/c1-13-19(14(2)27(26-13)17-6-4-3-5-7-17)25-18(28)12-24-16-10-8-15(9-11-16)20(21,22)23/h3-11,24H,12H2,1-2H3,(H,25,28). The molecule has 0 atom stereocenters. The molecule has 0 aliphatic rings. The fourth-order valence-corrected chi connectivity index (χ4v) is 2.79. The first-order valence-electron chi connectivity index (χ1n) is 8.58. The minimum atomic E-state index is -4.39. The van der Waals surface area contributed by atoms with Crippen LogP contribution in [0.1, 0.15) is 17.0 Å². The van der Waals surface area contributed by atoms with Gasteiger partial charge in [-0.15, -0.1) is 0 Å². The lowest BCUT2D eigenvalue weighted by Crippen LogP contribution is -2.22. The normalized spacial score (nSPS) is 11.3. The van der Waals surface area contributed by atoms with Gasteiger partial charge in [0.2, 0.25) is 5.91 Å². The molecule has 3 aromatic rings. The average Bonchev–Trinajstić information content (AvgIpc) is 2.95. The maximum absolute atomic E-state index is 12.6. The summed E-state index contributed by atoms with van der Waals surface area (Å²) in [4.78, 5) is 12.3. The molecule has 0 fully saturated rings. The summed E-state index contributed by atoms with van der Waals surface area (Å²) in [6.07, 6.45) is -4.39. The second-order valence-corrected chi connectivity index (χ2v) is 6.27. The van der Waals surface area contributed by atoms with E-state index in [0.717, 1.165) is 23.5 Å². The van der Waals surface area contributed by atoms with Gasteiger partial charge >= 0.3 is 6.18 Å². The molecule has 0 saturated heterocycles. The number of benzene rings is 2. The SMILES string of the molecule is Cc1nn(-c2ccccc2)c(C)c1NC(=O)CNc1ccc(C(F)(F)F)cc1. The molecule has 0 aliphatic carbocycles. The predicted molar refractivity (Wildman–Crippen MR) is 102 cm³/mol. The molecule has 8 heteroatoms. The minimum absolute atomic E-state index is 0.0826. The van der Waals surface area contributed by atoms with Crippen LogP contribution in [0.3, 0.4) is 0 Å². The van der Waals surface area contributed by atoms with Crippen molar-refractivity contribution in [1.29, 1.82) is 0 Å². The van der Waals surface area contributed by atoms with Crippen LogP contribution in [0, 0.1) is 13.8 Å². The number of amides is 1. The Morgan fingerprint density at radius 2 is 1.68 bits per heavy atom. The van der Waals surface area contributed by atoms with Crippen LogP contribution < -0.4 is 10.6 Å². The second-order valence-electron chi connectivity index (χ2n) is 6.27. The number of carbonyl (C=O) groups excluding carboxylic acids is 1. The highest BCUT2D eigenvalue weighted by molar-refractivity contribution is 5.94. The zero-order valence-corrected chi connectivity index (χ0v) is 15.3. The Bertz CT molecular complexity index is 964. The van der Waals surface area contributed by atoms with Gasteiger partial charge in [0.15, 0.2) is 0 Å². The molecule has 1 amide bonds. The zero-order valence-electron chi connectivity index (χ0n) is 15.3. The van der Waals surface area contributed by atoms with Crippen molar-refractivity contribution in [1.82, 2.24) is 9.78 Å². The lowest BCUT2D eigenvalue weighted by molar-refractivity contribution is -0.137. The molecule has 2 aromatic carbocycles. The first kappa shape index (κ1) is 19.5. The number of hydrogen-bond acceptors (Lipinski definition) is 3. The molecule has 0 spiro atoms. The van der Waals surface area contributed by atoms with Gasteiger partial charge in [0.05, 0.1) is 34.9 Å². The number of aryl methyl sites for hydroxylation is 1. The summed E-state index contributed by atoms with van der Waals surface area (Å²) < 4.78 is 39.5. The third-order valence-electron chi connectivity index (χ3n) is 4.22. The van der Waals surface area contributed by atoms with Crippen LogP contribution in [0.4, 0.5) is 24.5 Å². The number of aromatic nitrogens is 2. The van der Waals surface area contributed by atoms with Crippen LogP contribution in [-0.2, 0) is 11.0 Å². The van der Waals surface area contributed by atoms with E-state index in [4.69, 9.17) is 0 Å². The van der Waals surface area contributed by atoms with Gasteiger partial charge in [0.1, 0.15) is 0 Å². The summed E-state index contributed by atoms with van der Waals surface area (Å²) in [7, 11) is 0. The van der Waals surface area contributed by atoms with E-state index in [0.29, 0.717) is 17.1 Å². The Hall–Kier alpha value is -3.29. The molecule has 3 rings (SSSR count). The molecule has 0 unspecified atom stereocenters. The van der Waals surface area contributed by atoms with E-state index in [-0.39, 0.29) is 12.5 Å². The first-order valence-corrected chi connectivity index (χ1v) is 8.58. The topological polar surface area (TPSA) is 59.0 Å². The maximum atomic E-state index is 12.6. The van der Waals surface area contributed by atoms with E-state index in [1.807, 2.05) is 37.3 Å². The highest BCUT2D eigenvalue weighted by Gasteiger charge is 2.29. The van der Waals surface area contributed by atoms with Gasteiger partial charge in [-0.25, -0.2) is 4.68 Å². The number of para-hydroxylation sites is 1. The molecule has 1 aromatic heterocycles. The van der Waals surface area contributed by atoms with Gasteiger partial charge in [0, 0.05) is 5.69 Å². The van der Waals surface area contributed by atoms with Crippen molar-refractivity contribution in [2.45, 2.75) is 20.0 Å². The summed E-state index contributed by atoms with van der Waals surface area (Å²) in [5.74, 6) is -0.321. The molecular formula is C20H19F3N4O. The monoisotopic (exact) mass is 388 g/mol. The Kier molecular flexibility index (Phi) is 5.39. The molecule has 0 saturated carbocycles. The third-order valence-corrected chi connectivity index (χ3v) is 4.22. The molecule has 0 aliphatic heterocycles. The minimum Gasteiger partial charge on any atom is -0.376 e. The highest BCUT2D eigenvalue weighted by Crippen LogP contribution is 2.29. The summed E-state index contributed by atoms with van der Waals surface area (Å²) in [5.41, 5.74) is 2.64. The van der Waals surface area contributed by atoms with Crippen molar-refractivity contribution in [3.8, 4) is 5.69 Å². The van der Waals surface area contributed by atoms with Gasteiger partial charge in [-0.3, -0.25) is 4.79 Å². The lowest BCUT2D eigenvalue weighted by atomic mass is 10.2. The number of carbonyl (C=O) groups is 1. The van der Waals surface area contributed by atoms with E-state index in [2.05, 4.69) is 15.7 Å². The Morgan fingerprint density at radius 3 is 2.29 bits per heavy atom. The number of anilines is 2. The van der Waals surface area contributed by atoms with E-state index in [9.17, 15) is 18.0 Å². The van der Waals surface area contributed by atoms with E-state index >= 15 is 0 Å². The molecule has 0 bridgehead atoms. The quantitative estimate of drug-likeness (QED) is 0.674. The molecule has 28 heavy (non-hydrogen) atoms. The largest absolute Gasteiger partial charge is 0.416 e. The third kappa shape index (κ3) is 4.33. The van der Waals surface area contributed by atoms with Crippen LogP contribution in [0.2, 0.25) is 0 Å². The van der Waals surface area contributed by atoms with Crippen molar-refractivity contribution < 1.29 is 18.0 Å². The fraction of sp³-hybridized carbons (Fsp3) is 0.200. The average molecular weight is 388 g/mol. The van der Waals surface area contributed by atoms with Gasteiger partial charge in [0.25, 0.3) is 0 Å². The number of nitrogens with one attached hydrogen (secondary N) is 2. The summed E-state index contributed by atoms with van der Waals surface area (Å²) in [6, 6.07) is 14.1. The second kappa shape index (κ2) is 7.75. The molecule has 146 valence electrons. The molecule has 2 N–H and O–H groups in total. The number of nitrogens with zero attached hydrogens (tertiary/aromatic N) is 2. The number of rotatable bonds is 5. The lowest BCUT2D eigenvalue weighted by Gasteiger charge is -2.10. The smallest absolute Gasteiger partial charge is 0.376 e. The van der Waals surface area contributed by atoms with E-state index < -0.39 is 11.7 Å². The summed E-state index contributed by atoms with van der Waals surface area (Å²) in [5, 5.41) is 10.1. The Labute approximate surface area is 160 Å². The van der Waals surface area contributed by atoms with Crippen molar-refractivity contribution in [3.05, 3.63) is 71.5 Å². The summed E-state index contributed by atoms with van der Waals surface area (Å²) >= 11 is 0. The van der Waals surface area contributed by atoms with Crippen LogP contribution >= 0.6 is 0 Å². The van der Waals surface area contributed by atoms with E-state index in [1.54, 1.807) is 11.6 Å². The van der Waals surface area contributed by atoms with Crippen molar-refractivity contribution >= 4 is 17.3 Å². The molecule has 1 heterocycles. The van der Waals surface area contributed by atoms with Crippen molar-refractivity contribution in [2.75, 3.05) is 17.2 Å². The van der Waals surface area contributed by atoms with Gasteiger partial charge in [-0.2, -0.15) is 18.3 Å². The molecule has 0 radical (unpaired) electrons. The van der Waals surface area contributed by atoms with Crippen LogP contribution in [-0.4, -0.2) is 22.2 Å². The Balaban J connectivity index is 1.65. The zero-order chi connectivity index (χ0) is 20.3. The number of hydrogen-bond donors (Lipinski definition) is 2. The van der Waals surface area contributed by atoms with Gasteiger partial charge in [-0.05, 0) is 50.2 Å². The first-order chi connectivity index (χ1) is 13.3. The predicted octanol–water partition coefficient (Wildman–Crippen LogP) is 4.56. The molecular weight excluding hydrogens is 369 g/mol. The maximum Gasteiger partial charge on any atom is 0.416 e. The van der Waals surface area contributed by atoms with Crippen molar-refractivity contribution in [2.24, 2.45) is 0 Å². The Morgan fingerprint density at radius 1 is 1.04 bits per heavy atom. The highest BCUT2D eigenvalue weighted by atomic mass is 19.4. The molecule has 5 nitrogen and oxygen atoms in total. The fourth-order valence-electron chi connectivity index (χ4n) is 2.79. The number of alkyl halides is 3. The van der Waals surface area contributed by atoms with Crippen LogP contribution in [0.15, 0.2) is 54.6 Å².